The molecule has 3 N–H and O–H groups in total. The standard InChI is InChI=1S/C22H28N4O3S2/c1-13-11-30-21(17(13)18(23)27)25-19(28)16-12-31-20(24-16)14-7-9-26(10-8-14)22(29)15-5-3-2-4-6-15/h11-12,14-15H,2-10H2,1H3,(H2,23,27)(H,25,28). The Labute approximate surface area is 190 Å². The lowest BCUT2D eigenvalue weighted by atomic mass is 9.87. The number of hydrogen-bond donors (Lipinski definition) is 2. The molecule has 2 fully saturated rings. The Morgan fingerprint density at radius 1 is 1.06 bits per heavy atom. The van der Waals surface area contributed by atoms with E-state index in [9.17, 15) is 14.4 Å². The fourth-order valence-corrected chi connectivity index (χ4v) is 6.46. The van der Waals surface area contributed by atoms with Gasteiger partial charge < -0.3 is 16.0 Å². The van der Waals surface area contributed by atoms with E-state index in [0.29, 0.717) is 22.2 Å². The third-order valence-corrected chi connectivity index (χ3v) is 8.33. The zero-order valence-electron chi connectivity index (χ0n) is 17.7. The fourth-order valence-electron chi connectivity index (χ4n) is 4.54. The van der Waals surface area contributed by atoms with Gasteiger partial charge in [0.1, 0.15) is 10.7 Å². The number of rotatable bonds is 5. The lowest BCUT2D eigenvalue weighted by Crippen LogP contribution is -2.41. The molecule has 0 unspecified atom stereocenters. The summed E-state index contributed by atoms with van der Waals surface area (Å²) in [6.45, 7) is 3.31. The highest BCUT2D eigenvalue weighted by Gasteiger charge is 2.30. The first-order valence-electron chi connectivity index (χ1n) is 10.9. The minimum atomic E-state index is -0.553. The normalized spacial score (nSPS) is 18.2. The van der Waals surface area contributed by atoms with Gasteiger partial charge in [0, 0.05) is 30.3 Å². The van der Waals surface area contributed by atoms with E-state index in [2.05, 4.69) is 10.3 Å². The number of carbonyl (C=O) groups excluding carboxylic acids is 3. The molecule has 3 heterocycles. The quantitative estimate of drug-likeness (QED) is 0.699. The van der Waals surface area contributed by atoms with Crippen molar-refractivity contribution in [2.24, 2.45) is 11.7 Å². The van der Waals surface area contributed by atoms with Gasteiger partial charge >= 0.3 is 0 Å². The van der Waals surface area contributed by atoms with Crippen molar-refractivity contribution >= 4 is 45.4 Å². The molecule has 2 aromatic rings. The number of thiazole rings is 1. The number of anilines is 1. The highest BCUT2D eigenvalue weighted by atomic mass is 32.1. The van der Waals surface area contributed by atoms with Crippen molar-refractivity contribution in [2.75, 3.05) is 18.4 Å². The molecule has 7 nitrogen and oxygen atoms in total. The van der Waals surface area contributed by atoms with Crippen molar-refractivity contribution in [1.29, 1.82) is 0 Å². The summed E-state index contributed by atoms with van der Waals surface area (Å²) in [6, 6.07) is 0. The zero-order valence-corrected chi connectivity index (χ0v) is 19.3. The summed E-state index contributed by atoms with van der Waals surface area (Å²) >= 11 is 2.77. The average molecular weight is 461 g/mol. The van der Waals surface area contributed by atoms with E-state index < -0.39 is 5.91 Å². The van der Waals surface area contributed by atoms with Crippen molar-refractivity contribution in [1.82, 2.24) is 9.88 Å². The first kappa shape index (κ1) is 22.0. The summed E-state index contributed by atoms with van der Waals surface area (Å²) in [5, 5.41) is 7.72. The third-order valence-electron chi connectivity index (χ3n) is 6.31. The molecular weight excluding hydrogens is 432 g/mol. The minimum absolute atomic E-state index is 0.214. The predicted octanol–water partition coefficient (Wildman–Crippen LogP) is 4.15. The summed E-state index contributed by atoms with van der Waals surface area (Å²) in [5.41, 5.74) is 6.88. The van der Waals surface area contributed by atoms with E-state index in [0.717, 1.165) is 49.3 Å². The number of amides is 3. The van der Waals surface area contributed by atoms with E-state index in [-0.39, 0.29) is 17.7 Å². The summed E-state index contributed by atoms with van der Waals surface area (Å²) in [6.07, 6.45) is 7.41. The molecule has 166 valence electrons. The lowest BCUT2D eigenvalue weighted by Gasteiger charge is -2.34. The smallest absolute Gasteiger partial charge is 0.275 e. The maximum absolute atomic E-state index is 12.8. The summed E-state index contributed by atoms with van der Waals surface area (Å²) in [5.74, 6) is -0.0769. The Bertz CT molecular complexity index is 969. The van der Waals surface area contributed by atoms with Gasteiger partial charge in [0.15, 0.2) is 0 Å². The maximum Gasteiger partial charge on any atom is 0.275 e. The highest BCUT2D eigenvalue weighted by molar-refractivity contribution is 7.15. The monoisotopic (exact) mass is 460 g/mol. The number of nitrogens with zero attached hydrogens (tertiary/aromatic N) is 2. The van der Waals surface area contributed by atoms with Gasteiger partial charge in [-0.15, -0.1) is 22.7 Å². The van der Waals surface area contributed by atoms with Gasteiger partial charge in [0.05, 0.1) is 10.6 Å². The van der Waals surface area contributed by atoms with Gasteiger partial charge in [-0.25, -0.2) is 4.98 Å². The number of hydrogen-bond acceptors (Lipinski definition) is 6. The summed E-state index contributed by atoms with van der Waals surface area (Å²) in [7, 11) is 0. The van der Waals surface area contributed by atoms with E-state index in [1.807, 2.05) is 4.90 Å². The Kier molecular flexibility index (Phi) is 6.71. The molecule has 1 saturated carbocycles. The lowest BCUT2D eigenvalue weighted by molar-refractivity contribution is -0.137. The van der Waals surface area contributed by atoms with Crippen LogP contribution < -0.4 is 11.1 Å². The number of aryl methyl sites for hydroxylation is 1. The van der Waals surface area contributed by atoms with Crippen LogP contribution >= 0.6 is 22.7 Å². The van der Waals surface area contributed by atoms with Crippen LogP contribution in [-0.2, 0) is 4.79 Å². The van der Waals surface area contributed by atoms with Crippen LogP contribution in [0.3, 0.4) is 0 Å². The molecular formula is C22H28N4O3S2. The number of likely N-dealkylation sites (tertiary alicyclic amines) is 1. The van der Waals surface area contributed by atoms with Gasteiger partial charge in [-0.2, -0.15) is 0 Å². The first-order valence-corrected chi connectivity index (χ1v) is 12.6. The van der Waals surface area contributed by atoms with Crippen LogP contribution in [0.5, 0.6) is 0 Å². The minimum Gasteiger partial charge on any atom is -0.365 e. The molecule has 0 aromatic carbocycles. The molecule has 2 aliphatic rings. The summed E-state index contributed by atoms with van der Waals surface area (Å²) in [4.78, 5) is 43.6. The Balaban J connectivity index is 1.34. The Hall–Kier alpha value is -2.26. The van der Waals surface area contributed by atoms with Crippen LogP contribution in [0.25, 0.3) is 0 Å². The molecule has 1 aliphatic heterocycles. The molecule has 0 radical (unpaired) electrons. The molecule has 1 saturated heterocycles. The number of nitrogens with two attached hydrogens (primary N) is 1. The van der Waals surface area contributed by atoms with Gasteiger partial charge in [-0.3, -0.25) is 14.4 Å². The van der Waals surface area contributed by atoms with E-state index in [1.165, 1.54) is 41.9 Å². The number of primary amides is 1. The molecule has 1 aliphatic carbocycles. The second kappa shape index (κ2) is 9.48. The average Bonchev–Trinajstić information content (AvgIpc) is 3.41. The molecule has 31 heavy (non-hydrogen) atoms. The van der Waals surface area contributed by atoms with Gasteiger partial charge in [-0.05, 0) is 43.6 Å². The largest absolute Gasteiger partial charge is 0.365 e. The Morgan fingerprint density at radius 3 is 2.45 bits per heavy atom. The van der Waals surface area contributed by atoms with Gasteiger partial charge in [-0.1, -0.05) is 19.3 Å². The second-order valence-corrected chi connectivity index (χ2v) is 10.2. The van der Waals surface area contributed by atoms with Crippen LogP contribution in [-0.4, -0.2) is 40.7 Å². The van der Waals surface area contributed by atoms with Crippen LogP contribution in [0.4, 0.5) is 5.00 Å². The van der Waals surface area contributed by atoms with Crippen LogP contribution in [0.2, 0.25) is 0 Å². The van der Waals surface area contributed by atoms with Gasteiger partial charge in [0.25, 0.3) is 11.8 Å². The molecule has 0 spiro atoms. The van der Waals surface area contributed by atoms with Crippen LogP contribution in [0.15, 0.2) is 10.8 Å². The molecule has 0 bridgehead atoms. The van der Waals surface area contributed by atoms with Crippen molar-refractivity contribution in [3.05, 3.63) is 32.6 Å². The van der Waals surface area contributed by atoms with Gasteiger partial charge in [0.2, 0.25) is 5.91 Å². The van der Waals surface area contributed by atoms with Crippen molar-refractivity contribution < 1.29 is 14.4 Å². The molecule has 9 heteroatoms. The maximum atomic E-state index is 12.8. The Morgan fingerprint density at radius 2 is 1.77 bits per heavy atom. The molecule has 4 rings (SSSR count). The van der Waals surface area contributed by atoms with Crippen LogP contribution in [0, 0.1) is 12.8 Å². The highest BCUT2D eigenvalue weighted by Crippen LogP contribution is 2.33. The predicted molar refractivity (Wildman–Crippen MR) is 123 cm³/mol. The van der Waals surface area contributed by atoms with E-state index in [4.69, 9.17) is 5.73 Å². The zero-order chi connectivity index (χ0) is 22.0. The number of piperidine rings is 1. The van der Waals surface area contributed by atoms with Crippen molar-refractivity contribution in [2.45, 2.75) is 57.8 Å². The van der Waals surface area contributed by atoms with Crippen molar-refractivity contribution in [3.8, 4) is 0 Å². The third kappa shape index (κ3) is 4.82. The first-order chi connectivity index (χ1) is 14.9. The summed E-state index contributed by atoms with van der Waals surface area (Å²) < 4.78 is 0. The number of thiophene rings is 1. The number of carbonyl (C=O) groups is 3. The second-order valence-electron chi connectivity index (χ2n) is 8.45. The van der Waals surface area contributed by atoms with Crippen LogP contribution in [0.1, 0.15) is 82.3 Å². The van der Waals surface area contributed by atoms with E-state index in [1.54, 1.807) is 17.7 Å². The number of nitrogens with one attached hydrogen (secondary N) is 1. The molecule has 2 aromatic heterocycles. The molecule has 3 amide bonds. The fraction of sp³-hybridized carbons (Fsp3) is 0.545. The SMILES string of the molecule is Cc1csc(NC(=O)c2csc(C3CCN(C(=O)C4CCCCC4)CC3)n2)c1C(N)=O. The van der Waals surface area contributed by atoms with Crippen molar-refractivity contribution in [3.63, 3.8) is 0 Å². The van der Waals surface area contributed by atoms with E-state index >= 15 is 0 Å². The topological polar surface area (TPSA) is 105 Å². The molecule has 0 atom stereocenters. The number of aromatic nitrogens is 1.